The molecule has 0 saturated heterocycles. The fourth-order valence-corrected chi connectivity index (χ4v) is 3.44. The van der Waals surface area contributed by atoms with Crippen LogP contribution >= 0.6 is 0 Å². The second kappa shape index (κ2) is 15.1. The van der Waals surface area contributed by atoms with Crippen LogP contribution in [0, 0.1) is 13.8 Å². The Morgan fingerprint density at radius 1 is 0.750 bits per heavy atom. The molecular weight excluding hydrogens is 506 g/mol. The fourth-order valence-electron chi connectivity index (χ4n) is 2.48. The number of hydrogen-bond donors (Lipinski definition) is 3. The van der Waals surface area contributed by atoms with E-state index in [-0.39, 0.29) is 15.8 Å². The van der Waals surface area contributed by atoms with Gasteiger partial charge in [-0.15, -0.1) is 0 Å². The highest BCUT2D eigenvalue weighted by Gasteiger charge is 2.07. The molecule has 0 aliphatic carbocycles. The summed E-state index contributed by atoms with van der Waals surface area (Å²) in [4.78, 5) is 11.0. The SMILES string of the molecule is Cc1ccc(S(=O)(=O)O)cc1.Cc1ccc(S(=O)(=O)O)cc1.NCCCC(=O)OCc1ccccc1. The average Bonchev–Trinajstić information content (AvgIpc) is 2.82. The maximum atomic E-state index is 11.1. The van der Waals surface area contributed by atoms with Crippen LogP contribution in [-0.4, -0.2) is 38.5 Å². The summed E-state index contributed by atoms with van der Waals surface area (Å²) in [7, 11) is -8.04. The van der Waals surface area contributed by atoms with Crippen molar-refractivity contribution in [2.75, 3.05) is 6.54 Å². The van der Waals surface area contributed by atoms with Crippen LogP contribution in [-0.2, 0) is 36.4 Å². The molecule has 196 valence electrons. The third kappa shape index (κ3) is 13.1. The zero-order valence-corrected chi connectivity index (χ0v) is 21.7. The van der Waals surface area contributed by atoms with Crippen LogP contribution in [0.1, 0.15) is 29.5 Å². The smallest absolute Gasteiger partial charge is 0.306 e. The lowest BCUT2D eigenvalue weighted by atomic mass is 10.2. The molecule has 0 aromatic heterocycles. The minimum atomic E-state index is -4.02. The molecule has 3 aromatic carbocycles. The summed E-state index contributed by atoms with van der Waals surface area (Å²) in [6, 6.07) is 21.6. The molecule has 11 heteroatoms. The molecule has 0 heterocycles. The number of aryl methyl sites for hydroxylation is 2. The van der Waals surface area contributed by atoms with Crippen molar-refractivity contribution in [3.05, 3.63) is 95.6 Å². The summed E-state index contributed by atoms with van der Waals surface area (Å²) in [5, 5.41) is 0. The van der Waals surface area contributed by atoms with Crippen LogP contribution in [0.15, 0.2) is 88.7 Å². The van der Waals surface area contributed by atoms with E-state index in [1.165, 1.54) is 24.3 Å². The van der Waals surface area contributed by atoms with Gasteiger partial charge in [-0.3, -0.25) is 13.9 Å². The van der Waals surface area contributed by atoms with E-state index in [2.05, 4.69) is 0 Å². The lowest BCUT2D eigenvalue weighted by Crippen LogP contribution is -2.07. The van der Waals surface area contributed by atoms with E-state index in [9.17, 15) is 21.6 Å². The molecule has 0 aliphatic rings. The minimum Gasteiger partial charge on any atom is -0.461 e. The Labute approximate surface area is 212 Å². The van der Waals surface area contributed by atoms with Crippen molar-refractivity contribution >= 4 is 26.2 Å². The van der Waals surface area contributed by atoms with Gasteiger partial charge in [0.1, 0.15) is 6.61 Å². The van der Waals surface area contributed by atoms with Gasteiger partial charge in [0.15, 0.2) is 0 Å². The van der Waals surface area contributed by atoms with Crippen molar-refractivity contribution in [1.29, 1.82) is 0 Å². The van der Waals surface area contributed by atoms with Gasteiger partial charge in [0.05, 0.1) is 9.79 Å². The Kier molecular flexibility index (Phi) is 13.0. The fraction of sp³-hybridized carbons (Fsp3) is 0.240. The second-order valence-corrected chi connectivity index (χ2v) is 10.5. The highest BCUT2D eigenvalue weighted by molar-refractivity contribution is 7.86. The highest BCUT2D eigenvalue weighted by Crippen LogP contribution is 2.09. The molecule has 0 aliphatic heterocycles. The first-order chi connectivity index (χ1) is 16.8. The maximum absolute atomic E-state index is 11.1. The van der Waals surface area contributed by atoms with Gasteiger partial charge < -0.3 is 10.5 Å². The predicted molar refractivity (Wildman–Crippen MR) is 137 cm³/mol. The minimum absolute atomic E-state index is 0.0666. The molecule has 0 fully saturated rings. The summed E-state index contributed by atoms with van der Waals surface area (Å²) < 4.78 is 64.1. The number of esters is 1. The summed E-state index contributed by atoms with van der Waals surface area (Å²) in [6.07, 6.45) is 1.09. The van der Waals surface area contributed by atoms with Crippen molar-refractivity contribution in [3.63, 3.8) is 0 Å². The van der Waals surface area contributed by atoms with Crippen LogP contribution < -0.4 is 5.73 Å². The lowest BCUT2D eigenvalue weighted by molar-refractivity contribution is -0.145. The molecule has 3 aromatic rings. The van der Waals surface area contributed by atoms with Gasteiger partial charge in [-0.1, -0.05) is 65.7 Å². The molecule has 0 unspecified atom stereocenters. The van der Waals surface area contributed by atoms with E-state index in [4.69, 9.17) is 19.6 Å². The van der Waals surface area contributed by atoms with E-state index in [1.54, 1.807) is 24.3 Å². The number of ether oxygens (including phenoxy) is 1. The van der Waals surface area contributed by atoms with Crippen LogP contribution in [0.4, 0.5) is 0 Å². The zero-order valence-electron chi connectivity index (χ0n) is 20.1. The van der Waals surface area contributed by atoms with Crippen LogP contribution in [0.2, 0.25) is 0 Å². The molecule has 0 saturated carbocycles. The molecule has 4 N–H and O–H groups in total. The van der Waals surface area contributed by atoms with Gasteiger partial charge in [0, 0.05) is 6.42 Å². The molecule has 36 heavy (non-hydrogen) atoms. The van der Waals surface area contributed by atoms with Crippen molar-refractivity contribution in [1.82, 2.24) is 0 Å². The molecule has 3 rings (SSSR count). The number of nitrogens with two attached hydrogens (primary N) is 1. The van der Waals surface area contributed by atoms with E-state index in [0.717, 1.165) is 16.7 Å². The first kappa shape index (κ1) is 30.9. The molecule has 0 amide bonds. The first-order valence-corrected chi connectivity index (χ1v) is 13.7. The molecular formula is C25H31NO8S2. The third-order valence-corrected chi connectivity index (χ3v) is 6.20. The standard InChI is InChI=1S/C11H15NO2.2C7H8O3S/c12-8-4-7-11(13)14-9-10-5-2-1-3-6-10;2*1-6-2-4-7(5-3-6)11(8,9)10/h1-3,5-6H,4,7-9,12H2;2*2-5H,1H3,(H,8,9,10). The first-order valence-electron chi connectivity index (χ1n) is 10.8. The monoisotopic (exact) mass is 537 g/mol. The Morgan fingerprint density at radius 3 is 1.53 bits per heavy atom. The van der Waals surface area contributed by atoms with E-state index < -0.39 is 20.2 Å². The Balaban J connectivity index is 0.000000273. The molecule has 0 spiro atoms. The Bertz CT molecular complexity index is 1200. The molecule has 0 atom stereocenters. The summed E-state index contributed by atoms with van der Waals surface area (Å²) in [6.45, 7) is 4.56. The van der Waals surface area contributed by atoms with E-state index >= 15 is 0 Å². The van der Waals surface area contributed by atoms with E-state index in [1.807, 2.05) is 44.2 Å². The quantitative estimate of drug-likeness (QED) is 0.299. The van der Waals surface area contributed by atoms with Gasteiger partial charge in [-0.2, -0.15) is 16.8 Å². The number of rotatable bonds is 7. The van der Waals surface area contributed by atoms with Crippen molar-refractivity contribution < 1.29 is 35.5 Å². The molecule has 9 nitrogen and oxygen atoms in total. The van der Waals surface area contributed by atoms with Gasteiger partial charge in [0.2, 0.25) is 0 Å². The Hall–Kier alpha value is -3.09. The summed E-state index contributed by atoms with van der Waals surface area (Å²) in [5.41, 5.74) is 8.20. The van der Waals surface area contributed by atoms with Crippen molar-refractivity contribution in [2.45, 2.75) is 43.1 Å². The lowest BCUT2D eigenvalue weighted by Gasteiger charge is -2.03. The van der Waals surface area contributed by atoms with Gasteiger partial charge in [-0.05, 0) is 56.6 Å². The topological polar surface area (TPSA) is 161 Å². The van der Waals surface area contributed by atoms with Gasteiger partial charge in [0.25, 0.3) is 20.2 Å². The number of benzene rings is 3. The van der Waals surface area contributed by atoms with Gasteiger partial charge in [-0.25, -0.2) is 0 Å². The van der Waals surface area contributed by atoms with Crippen LogP contribution in [0.5, 0.6) is 0 Å². The maximum Gasteiger partial charge on any atom is 0.306 e. The molecule has 0 radical (unpaired) electrons. The number of hydrogen-bond acceptors (Lipinski definition) is 7. The average molecular weight is 538 g/mol. The van der Waals surface area contributed by atoms with Crippen molar-refractivity contribution in [2.24, 2.45) is 5.73 Å². The van der Waals surface area contributed by atoms with E-state index in [0.29, 0.717) is 26.0 Å². The predicted octanol–water partition coefficient (Wildman–Crippen LogP) is 3.95. The van der Waals surface area contributed by atoms with Crippen LogP contribution in [0.3, 0.4) is 0 Å². The summed E-state index contributed by atoms with van der Waals surface area (Å²) in [5.74, 6) is -0.181. The Morgan fingerprint density at radius 2 is 1.17 bits per heavy atom. The summed E-state index contributed by atoms with van der Waals surface area (Å²) >= 11 is 0. The second-order valence-electron chi connectivity index (χ2n) is 7.61. The number of carbonyl (C=O) groups excluding carboxylic acids is 1. The zero-order chi connectivity index (χ0) is 27.2. The number of carbonyl (C=O) groups is 1. The van der Waals surface area contributed by atoms with Crippen LogP contribution in [0.25, 0.3) is 0 Å². The normalized spacial score (nSPS) is 10.8. The van der Waals surface area contributed by atoms with Gasteiger partial charge >= 0.3 is 5.97 Å². The largest absolute Gasteiger partial charge is 0.461 e. The molecule has 0 bridgehead atoms. The third-order valence-electron chi connectivity index (χ3n) is 4.47. The highest BCUT2D eigenvalue weighted by atomic mass is 32.2. The van der Waals surface area contributed by atoms with Crippen molar-refractivity contribution in [3.8, 4) is 0 Å².